The molecule has 0 amide bonds. The van der Waals surface area contributed by atoms with E-state index in [2.05, 4.69) is 43.0 Å². The molecule has 1 aliphatic heterocycles. The molecule has 1 aromatic rings. The number of benzene rings is 1. The van der Waals surface area contributed by atoms with Crippen molar-refractivity contribution in [3.05, 3.63) is 29.8 Å². The zero-order valence-corrected chi connectivity index (χ0v) is 10.9. The van der Waals surface area contributed by atoms with Crippen molar-refractivity contribution in [2.24, 2.45) is 0 Å². The largest absolute Gasteiger partial charge is 0.118 e. The van der Waals surface area contributed by atoms with Crippen LogP contribution in [0.25, 0.3) is 0 Å². The van der Waals surface area contributed by atoms with Crippen LogP contribution < -0.4 is 0 Å². The van der Waals surface area contributed by atoms with Gasteiger partial charge in [0.1, 0.15) is 0 Å². The number of fused-ring (bicyclic) bond motifs is 3. The molecule has 1 saturated carbocycles. The molecular weight excluding hydrogens is 212 g/mol. The van der Waals surface area contributed by atoms with Gasteiger partial charge in [-0.25, -0.2) is 0 Å². The second kappa shape index (κ2) is 4.10. The van der Waals surface area contributed by atoms with Gasteiger partial charge in [0.25, 0.3) is 0 Å². The number of hydrogen-bond acceptors (Lipinski definition) is 1. The van der Waals surface area contributed by atoms with Crippen LogP contribution in [0.4, 0.5) is 0 Å². The van der Waals surface area contributed by atoms with Crippen molar-refractivity contribution in [1.29, 1.82) is 0 Å². The standard InChI is InChI=1S/C15H20S/c1-2-10-15-11-6-5-8-13(15)12-7-3-4-9-14(12)16-15/h3-4,7,9,13H,2,5-6,8,10-11H2,1H3. The smallest absolute Gasteiger partial charge is 0.0276 e. The highest BCUT2D eigenvalue weighted by Gasteiger charge is 2.46. The maximum atomic E-state index is 2.37. The van der Waals surface area contributed by atoms with Gasteiger partial charge in [-0.2, -0.15) is 0 Å². The average Bonchev–Trinajstić information content (AvgIpc) is 2.63. The Bertz CT molecular complexity index is 381. The van der Waals surface area contributed by atoms with E-state index in [1.54, 1.807) is 10.5 Å². The zero-order chi connectivity index (χ0) is 11.0. The molecule has 0 nitrogen and oxygen atoms in total. The molecule has 1 heterocycles. The molecule has 1 aliphatic carbocycles. The van der Waals surface area contributed by atoms with Crippen LogP contribution in [0.3, 0.4) is 0 Å². The monoisotopic (exact) mass is 232 g/mol. The van der Waals surface area contributed by atoms with Crippen LogP contribution in [0.1, 0.15) is 56.9 Å². The predicted molar refractivity (Wildman–Crippen MR) is 71.1 cm³/mol. The van der Waals surface area contributed by atoms with Gasteiger partial charge >= 0.3 is 0 Å². The number of thioether (sulfide) groups is 1. The third-order valence-corrected chi connectivity index (χ3v) is 5.95. The summed E-state index contributed by atoms with van der Waals surface area (Å²) < 4.78 is 0.566. The highest BCUT2D eigenvalue weighted by atomic mass is 32.2. The molecule has 2 unspecified atom stereocenters. The van der Waals surface area contributed by atoms with Crippen LogP contribution in [-0.2, 0) is 0 Å². The summed E-state index contributed by atoms with van der Waals surface area (Å²) in [5, 5.41) is 0. The van der Waals surface area contributed by atoms with E-state index in [9.17, 15) is 0 Å². The van der Waals surface area contributed by atoms with Crippen molar-refractivity contribution >= 4 is 11.8 Å². The van der Waals surface area contributed by atoms with Crippen LogP contribution in [0.2, 0.25) is 0 Å². The van der Waals surface area contributed by atoms with Crippen molar-refractivity contribution < 1.29 is 0 Å². The van der Waals surface area contributed by atoms with Crippen molar-refractivity contribution in [2.45, 2.75) is 61.0 Å². The first-order valence-corrected chi connectivity index (χ1v) is 7.45. The Hall–Kier alpha value is -0.430. The van der Waals surface area contributed by atoms with E-state index in [1.165, 1.54) is 38.5 Å². The first-order chi connectivity index (χ1) is 7.86. The molecule has 1 aromatic carbocycles. The summed E-state index contributed by atoms with van der Waals surface area (Å²) in [7, 11) is 0. The summed E-state index contributed by atoms with van der Waals surface area (Å²) in [4.78, 5) is 1.57. The van der Waals surface area contributed by atoms with Gasteiger partial charge in [0.05, 0.1) is 0 Å². The van der Waals surface area contributed by atoms with Gasteiger partial charge in [-0.05, 0) is 30.9 Å². The zero-order valence-electron chi connectivity index (χ0n) is 10.0. The quantitative estimate of drug-likeness (QED) is 0.692. The maximum Gasteiger partial charge on any atom is 0.0276 e. The third kappa shape index (κ3) is 1.52. The van der Waals surface area contributed by atoms with Gasteiger partial charge < -0.3 is 0 Å². The van der Waals surface area contributed by atoms with Crippen LogP contribution >= 0.6 is 11.8 Å². The van der Waals surface area contributed by atoms with E-state index >= 15 is 0 Å². The second-order valence-corrected chi connectivity index (χ2v) is 6.71. The minimum atomic E-state index is 0.566. The second-order valence-electron chi connectivity index (χ2n) is 5.25. The topological polar surface area (TPSA) is 0 Å². The Labute approximate surface area is 103 Å². The van der Waals surface area contributed by atoms with Gasteiger partial charge in [-0.1, -0.05) is 44.4 Å². The van der Waals surface area contributed by atoms with Crippen LogP contribution in [0.15, 0.2) is 29.2 Å². The highest BCUT2D eigenvalue weighted by molar-refractivity contribution is 8.01. The van der Waals surface area contributed by atoms with E-state index in [0.29, 0.717) is 4.75 Å². The first kappa shape index (κ1) is 10.7. The van der Waals surface area contributed by atoms with Crippen LogP contribution in [0.5, 0.6) is 0 Å². The molecular formula is C15H20S. The van der Waals surface area contributed by atoms with Crippen molar-refractivity contribution in [1.82, 2.24) is 0 Å². The SMILES string of the molecule is CCCC12CCCCC1c1ccccc1S2. The van der Waals surface area contributed by atoms with E-state index in [0.717, 1.165) is 5.92 Å². The fourth-order valence-corrected chi connectivity index (χ4v) is 5.48. The molecule has 2 aliphatic rings. The lowest BCUT2D eigenvalue weighted by Gasteiger charge is -2.38. The number of rotatable bonds is 2. The van der Waals surface area contributed by atoms with Crippen molar-refractivity contribution in [3.8, 4) is 0 Å². The summed E-state index contributed by atoms with van der Waals surface area (Å²) in [5.74, 6) is 0.849. The fraction of sp³-hybridized carbons (Fsp3) is 0.600. The summed E-state index contributed by atoms with van der Waals surface area (Å²) in [6, 6.07) is 9.12. The molecule has 1 fully saturated rings. The molecule has 0 N–H and O–H groups in total. The van der Waals surface area contributed by atoms with Crippen LogP contribution in [-0.4, -0.2) is 4.75 Å². The van der Waals surface area contributed by atoms with E-state index in [4.69, 9.17) is 0 Å². The molecule has 16 heavy (non-hydrogen) atoms. The Kier molecular flexibility index (Phi) is 2.75. The lowest BCUT2D eigenvalue weighted by atomic mass is 9.73. The van der Waals surface area contributed by atoms with Crippen molar-refractivity contribution in [2.75, 3.05) is 0 Å². The fourth-order valence-electron chi connectivity index (χ4n) is 3.62. The Morgan fingerprint density at radius 3 is 3.06 bits per heavy atom. The minimum absolute atomic E-state index is 0.566. The molecule has 0 aromatic heterocycles. The molecule has 86 valence electrons. The first-order valence-electron chi connectivity index (χ1n) is 6.64. The minimum Gasteiger partial charge on any atom is -0.118 e. The van der Waals surface area contributed by atoms with E-state index < -0.39 is 0 Å². The molecule has 2 atom stereocenters. The lowest BCUT2D eigenvalue weighted by Crippen LogP contribution is -2.32. The summed E-state index contributed by atoms with van der Waals surface area (Å²) in [6.07, 6.45) is 8.46. The summed E-state index contributed by atoms with van der Waals surface area (Å²) in [5.41, 5.74) is 1.65. The lowest BCUT2D eigenvalue weighted by molar-refractivity contribution is 0.333. The molecule has 1 heteroatoms. The van der Waals surface area contributed by atoms with Gasteiger partial charge in [0, 0.05) is 15.6 Å². The molecule has 0 spiro atoms. The Morgan fingerprint density at radius 2 is 2.19 bits per heavy atom. The molecule has 0 bridgehead atoms. The van der Waals surface area contributed by atoms with Gasteiger partial charge in [0.15, 0.2) is 0 Å². The highest BCUT2D eigenvalue weighted by Crippen LogP contribution is 2.61. The summed E-state index contributed by atoms with van der Waals surface area (Å²) in [6.45, 7) is 2.34. The van der Waals surface area contributed by atoms with Gasteiger partial charge in [-0.3, -0.25) is 0 Å². The Morgan fingerprint density at radius 1 is 1.31 bits per heavy atom. The van der Waals surface area contributed by atoms with Crippen molar-refractivity contribution in [3.63, 3.8) is 0 Å². The predicted octanol–water partition coefficient (Wildman–Crippen LogP) is 4.99. The van der Waals surface area contributed by atoms with Gasteiger partial charge in [0.2, 0.25) is 0 Å². The number of hydrogen-bond donors (Lipinski definition) is 0. The third-order valence-electron chi connectivity index (χ3n) is 4.26. The maximum absolute atomic E-state index is 2.37. The molecule has 0 radical (unpaired) electrons. The van der Waals surface area contributed by atoms with Crippen LogP contribution in [0, 0.1) is 0 Å². The average molecular weight is 232 g/mol. The van der Waals surface area contributed by atoms with E-state index in [-0.39, 0.29) is 0 Å². The Balaban J connectivity index is 2.00. The molecule has 3 rings (SSSR count). The summed E-state index contributed by atoms with van der Waals surface area (Å²) >= 11 is 2.19. The molecule has 0 saturated heterocycles. The normalized spacial score (nSPS) is 32.2. The van der Waals surface area contributed by atoms with E-state index in [1.807, 2.05) is 0 Å². The van der Waals surface area contributed by atoms with Gasteiger partial charge in [-0.15, -0.1) is 11.8 Å².